The van der Waals surface area contributed by atoms with Crippen LogP contribution < -0.4 is 9.55 Å². The normalized spacial score (nSPS) is 11.0. The van der Waals surface area contributed by atoms with Gasteiger partial charge in [-0.25, -0.2) is 0 Å². The molecule has 0 saturated heterocycles. The van der Waals surface area contributed by atoms with Crippen molar-refractivity contribution in [3.05, 3.63) is 146 Å². The molecule has 7 aromatic rings. The molecule has 195 valence electrons. The van der Waals surface area contributed by atoms with Crippen molar-refractivity contribution >= 4 is 46.7 Å². The minimum atomic E-state index is 0.561. The van der Waals surface area contributed by atoms with Crippen LogP contribution in [0.15, 0.2) is 150 Å². The van der Waals surface area contributed by atoms with Crippen LogP contribution in [0.3, 0.4) is 0 Å². The Morgan fingerprint density at radius 3 is 1.76 bits per heavy atom. The van der Waals surface area contributed by atoms with Crippen LogP contribution in [0, 0.1) is 0 Å². The Balaban J connectivity index is 1.29. The summed E-state index contributed by atoms with van der Waals surface area (Å²) in [6, 6.07) is 49.6. The Morgan fingerprint density at radius 2 is 1.07 bits per heavy atom. The maximum absolute atomic E-state index is 9.04. The molecule has 0 aliphatic heterocycles. The maximum atomic E-state index is 9.04. The van der Waals surface area contributed by atoms with Crippen LogP contribution in [-0.4, -0.2) is 12.7 Å². The molecule has 0 spiro atoms. The molecule has 6 aromatic carbocycles. The first-order valence-corrected chi connectivity index (χ1v) is 13.5. The zero-order valence-electron chi connectivity index (χ0n) is 22.1. The number of furan rings is 1. The van der Waals surface area contributed by atoms with E-state index in [1.54, 1.807) is 0 Å². The third-order valence-corrected chi connectivity index (χ3v) is 7.36. The fraction of sp³-hybridized carbons (Fsp3) is 0. The highest BCUT2D eigenvalue weighted by Crippen LogP contribution is 2.40. The lowest BCUT2D eigenvalue weighted by Crippen LogP contribution is -2.10. The molecule has 0 amide bonds. The molecule has 0 aliphatic carbocycles. The van der Waals surface area contributed by atoms with E-state index in [1.807, 2.05) is 60.7 Å². The van der Waals surface area contributed by atoms with E-state index in [2.05, 4.69) is 89.8 Å². The number of rotatable bonds is 7. The summed E-state index contributed by atoms with van der Waals surface area (Å²) in [6.07, 6.45) is 0. The summed E-state index contributed by atoms with van der Waals surface area (Å²) in [7, 11) is 0.692. The van der Waals surface area contributed by atoms with Gasteiger partial charge in [-0.2, -0.15) is 0 Å². The minimum Gasteiger partial charge on any atom is -0.537 e. The van der Waals surface area contributed by atoms with Gasteiger partial charge in [-0.1, -0.05) is 84.9 Å². The van der Waals surface area contributed by atoms with Crippen molar-refractivity contribution in [2.75, 3.05) is 4.90 Å². The van der Waals surface area contributed by atoms with Gasteiger partial charge in [-0.15, -0.1) is 0 Å². The highest BCUT2D eigenvalue weighted by atomic mass is 16.5. The number of nitrogens with zero attached hydrogens (tertiary/aromatic N) is 1. The van der Waals surface area contributed by atoms with Crippen molar-refractivity contribution in [3.8, 4) is 28.0 Å². The van der Waals surface area contributed by atoms with E-state index in [-0.39, 0.29) is 0 Å². The third-order valence-electron chi connectivity index (χ3n) is 7.36. The van der Waals surface area contributed by atoms with Crippen molar-refractivity contribution in [1.82, 2.24) is 0 Å². The molecular weight excluding hydrogens is 505 g/mol. The minimum absolute atomic E-state index is 0.561. The number of hydrogen-bond acceptors (Lipinski definition) is 4. The zero-order chi connectivity index (χ0) is 27.6. The van der Waals surface area contributed by atoms with Crippen LogP contribution in [-0.2, 0) is 0 Å². The van der Waals surface area contributed by atoms with Gasteiger partial charge in [0.05, 0.1) is 0 Å². The molecule has 1 heterocycles. The summed E-state index contributed by atoms with van der Waals surface area (Å²) >= 11 is 0. The van der Waals surface area contributed by atoms with Gasteiger partial charge < -0.3 is 19.0 Å². The first kappa shape index (κ1) is 24.8. The van der Waals surface area contributed by atoms with Crippen LogP contribution in [0.1, 0.15) is 0 Å². The number of benzene rings is 6. The number of fused-ring (bicyclic) bond motifs is 3. The lowest BCUT2D eigenvalue weighted by atomic mass is 9.99. The molecule has 0 unspecified atom stereocenters. The van der Waals surface area contributed by atoms with E-state index < -0.39 is 0 Å². The first-order valence-electron chi connectivity index (χ1n) is 13.5. The smallest absolute Gasteiger partial charge is 0.537 e. The molecule has 0 fully saturated rings. The predicted molar refractivity (Wildman–Crippen MR) is 168 cm³/mol. The van der Waals surface area contributed by atoms with Crippen molar-refractivity contribution < 1.29 is 14.1 Å². The Morgan fingerprint density at radius 1 is 0.512 bits per heavy atom. The van der Waals surface area contributed by atoms with Gasteiger partial charge in [0.1, 0.15) is 16.9 Å². The summed E-state index contributed by atoms with van der Waals surface area (Å²) in [4.78, 5) is 2.21. The molecule has 41 heavy (non-hydrogen) atoms. The average molecular weight is 530 g/mol. The van der Waals surface area contributed by atoms with Gasteiger partial charge in [0.2, 0.25) is 0 Å². The van der Waals surface area contributed by atoms with Gasteiger partial charge in [0, 0.05) is 27.8 Å². The van der Waals surface area contributed by atoms with Gasteiger partial charge in [-0.3, -0.25) is 0 Å². The molecule has 1 aromatic heterocycles. The number of hydrogen-bond donors (Lipinski definition) is 1. The van der Waals surface area contributed by atoms with Gasteiger partial charge in [-0.05, 0) is 82.9 Å². The first-order chi connectivity index (χ1) is 20.3. The topological polar surface area (TPSA) is 45.8 Å². The van der Waals surface area contributed by atoms with Crippen molar-refractivity contribution in [2.24, 2.45) is 0 Å². The highest BCUT2D eigenvalue weighted by Gasteiger charge is 2.15. The molecule has 0 aliphatic rings. The van der Waals surface area contributed by atoms with Crippen LogP contribution >= 0.6 is 0 Å². The van der Waals surface area contributed by atoms with Crippen LogP contribution in [0.2, 0.25) is 0 Å². The summed E-state index contributed by atoms with van der Waals surface area (Å²) < 4.78 is 11.3. The van der Waals surface area contributed by atoms with E-state index in [1.165, 1.54) is 5.56 Å². The molecule has 5 heteroatoms. The second-order valence-electron chi connectivity index (χ2n) is 9.79. The maximum Gasteiger partial charge on any atom is 0.569 e. The van der Waals surface area contributed by atoms with E-state index in [4.69, 9.17) is 14.1 Å². The standard InChI is InChI=1S/C36H25BNO3/c39-37-41-31-23-21-30(22-24-31)38(28-17-13-26(14-18-28)25-7-2-1-3-8-25)29-19-15-27(16-20-29)32-10-6-12-35-36(32)33-9-4-5-11-34(33)40-35/h1-24,39H. The molecular formula is C36H25BNO3. The lowest BCUT2D eigenvalue weighted by molar-refractivity contribution is 0.454. The van der Waals surface area contributed by atoms with Crippen molar-refractivity contribution in [2.45, 2.75) is 0 Å². The summed E-state index contributed by atoms with van der Waals surface area (Å²) in [6.45, 7) is 0. The average Bonchev–Trinajstić information content (AvgIpc) is 3.42. The summed E-state index contributed by atoms with van der Waals surface area (Å²) in [5, 5.41) is 11.3. The lowest BCUT2D eigenvalue weighted by Gasteiger charge is -2.26. The van der Waals surface area contributed by atoms with E-state index in [0.29, 0.717) is 13.4 Å². The van der Waals surface area contributed by atoms with Gasteiger partial charge in [0.25, 0.3) is 0 Å². The Kier molecular flexibility index (Phi) is 6.48. The Hall–Kier alpha value is -5.26. The van der Waals surface area contributed by atoms with Crippen molar-refractivity contribution in [1.29, 1.82) is 0 Å². The van der Waals surface area contributed by atoms with E-state index in [0.717, 1.165) is 55.7 Å². The number of para-hydroxylation sites is 1. The van der Waals surface area contributed by atoms with Gasteiger partial charge >= 0.3 is 7.69 Å². The molecule has 1 N–H and O–H groups in total. The quantitative estimate of drug-likeness (QED) is 0.209. The molecule has 0 saturated carbocycles. The molecule has 1 radical (unpaired) electrons. The van der Waals surface area contributed by atoms with E-state index in [9.17, 15) is 0 Å². The van der Waals surface area contributed by atoms with Gasteiger partial charge in [0.15, 0.2) is 0 Å². The monoisotopic (exact) mass is 530 g/mol. The molecule has 4 nitrogen and oxygen atoms in total. The van der Waals surface area contributed by atoms with Crippen molar-refractivity contribution in [3.63, 3.8) is 0 Å². The molecule has 0 bridgehead atoms. The number of anilines is 3. The third kappa shape index (κ3) is 4.73. The second kappa shape index (κ2) is 10.7. The molecule has 0 atom stereocenters. The predicted octanol–water partition coefficient (Wildman–Crippen LogP) is 9.30. The fourth-order valence-corrected chi connectivity index (χ4v) is 5.42. The Labute approximate surface area is 239 Å². The summed E-state index contributed by atoms with van der Waals surface area (Å²) in [5.41, 5.74) is 9.39. The SMILES string of the molecule is O[B]Oc1ccc(N(c2ccc(-c3ccccc3)cc2)c2ccc(-c3cccc4oc5ccccc5c34)cc2)cc1. The molecule has 7 rings (SSSR count). The van der Waals surface area contributed by atoms with Crippen LogP contribution in [0.4, 0.5) is 17.1 Å². The highest BCUT2D eigenvalue weighted by molar-refractivity contribution is 6.17. The second-order valence-corrected chi connectivity index (χ2v) is 9.79. The summed E-state index contributed by atoms with van der Waals surface area (Å²) in [5.74, 6) is 0.561. The zero-order valence-corrected chi connectivity index (χ0v) is 22.1. The largest absolute Gasteiger partial charge is 0.569 e. The van der Waals surface area contributed by atoms with Crippen LogP contribution in [0.5, 0.6) is 5.75 Å². The van der Waals surface area contributed by atoms with E-state index >= 15 is 0 Å². The van der Waals surface area contributed by atoms with Crippen LogP contribution in [0.25, 0.3) is 44.2 Å². The fourth-order valence-electron chi connectivity index (χ4n) is 5.42. The Bertz CT molecular complexity index is 1930.